The van der Waals surface area contributed by atoms with Gasteiger partial charge in [0, 0.05) is 23.5 Å². The molecule has 2 aromatic rings. The molecule has 0 spiro atoms. The van der Waals surface area contributed by atoms with Gasteiger partial charge in [0.2, 0.25) is 10.0 Å². The number of rotatable bonds is 5. The summed E-state index contributed by atoms with van der Waals surface area (Å²) in [5.41, 5.74) is 3.46. The van der Waals surface area contributed by atoms with Gasteiger partial charge >= 0.3 is 0 Å². The molecule has 0 atom stereocenters. The van der Waals surface area contributed by atoms with E-state index in [0.29, 0.717) is 18.8 Å². The van der Waals surface area contributed by atoms with Crippen molar-refractivity contribution in [3.8, 4) is 0 Å². The summed E-state index contributed by atoms with van der Waals surface area (Å²) in [6.45, 7) is 2.87. The zero-order valence-corrected chi connectivity index (χ0v) is 16.1. The van der Waals surface area contributed by atoms with Crippen LogP contribution in [0.3, 0.4) is 0 Å². The number of nitrogens with one attached hydrogen (secondary N) is 1. The summed E-state index contributed by atoms with van der Waals surface area (Å²) in [6.07, 6.45) is 2.79. The predicted molar refractivity (Wildman–Crippen MR) is 103 cm³/mol. The number of sulfonamides is 1. The van der Waals surface area contributed by atoms with E-state index < -0.39 is 15.9 Å². The molecule has 1 aromatic carbocycles. The summed E-state index contributed by atoms with van der Waals surface area (Å²) in [4.78, 5) is 13.5. The van der Waals surface area contributed by atoms with Gasteiger partial charge < -0.3 is 0 Å². The topological polar surface area (TPSA) is 78.8 Å². The first kappa shape index (κ1) is 18.8. The molecule has 1 aromatic heterocycles. The average Bonchev–Trinajstić information content (AvgIpc) is 3.21. The Balaban J connectivity index is 1.76. The Morgan fingerprint density at radius 2 is 1.92 bits per heavy atom. The van der Waals surface area contributed by atoms with Crippen LogP contribution in [0.25, 0.3) is 0 Å². The first-order valence-electron chi connectivity index (χ1n) is 8.47. The lowest BCUT2D eigenvalue weighted by Gasteiger charge is -2.25. The number of carbonyl (C=O) groups is 1. The number of hydrazone groups is 1. The minimum absolute atomic E-state index is 0.144. The molecule has 3 rings (SSSR count). The van der Waals surface area contributed by atoms with Crippen molar-refractivity contribution in [1.82, 2.24) is 9.73 Å². The second kappa shape index (κ2) is 8.11. The van der Waals surface area contributed by atoms with Crippen molar-refractivity contribution < 1.29 is 13.2 Å². The third-order valence-electron chi connectivity index (χ3n) is 4.25. The quantitative estimate of drug-likeness (QED) is 0.628. The highest BCUT2D eigenvalue weighted by Crippen LogP contribution is 2.21. The number of hydrogen-bond acceptors (Lipinski definition) is 5. The lowest BCUT2D eigenvalue weighted by molar-refractivity contribution is 0.0954. The van der Waals surface area contributed by atoms with Crippen LogP contribution >= 0.6 is 11.3 Å². The van der Waals surface area contributed by atoms with Crippen molar-refractivity contribution in [3.63, 3.8) is 0 Å². The maximum Gasteiger partial charge on any atom is 0.271 e. The van der Waals surface area contributed by atoms with Gasteiger partial charge in [0.15, 0.2) is 0 Å². The molecular weight excluding hydrogens is 370 g/mol. The molecule has 1 N–H and O–H groups in total. The highest BCUT2D eigenvalue weighted by molar-refractivity contribution is 7.89. The first-order valence-corrected chi connectivity index (χ1v) is 10.8. The van der Waals surface area contributed by atoms with Crippen LogP contribution in [0.5, 0.6) is 0 Å². The summed E-state index contributed by atoms with van der Waals surface area (Å²) >= 11 is 1.53. The fraction of sp³-hybridized carbons (Fsp3) is 0.333. The van der Waals surface area contributed by atoms with E-state index in [9.17, 15) is 13.2 Å². The van der Waals surface area contributed by atoms with E-state index in [-0.39, 0.29) is 10.5 Å². The molecule has 1 saturated heterocycles. The number of nitrogens with zero attached hydrogens (tertiary/aromatic N) is 2. The number of thiophene rings is 1. The fourth-order valence-corrected chi connectivity index (χ4v) is 5.03. The molecule has 0 unspecified atom stereocenters. The molecule has 138 valence electrons. The van der Waals surface area contributed by atoms with E-state index >= 15 is 0 Å². The molecule has 0 bridgehead atoms. The standard InChI is InChI=1S/C18H21N3O3S2/c1-14(17-9-6-12-25-17)19-20-18(22)15-7-5-8-16(13-15)26(23,24)21-10-3-2-4-11-21/h5-9,12-13H,2-4,10-11H2,1H3,(H,20,22). The van der Waals surface area contributed by atoms with Crippen LogP contribution in [0.4, 0.5) is 0 Å². The van der Waals surface area contributed by atoms with Gasteiger partial charge in [-0.1, -0.05) is 18.6 Å². The average molecular weight is 392 g/mol. The first-order chi connectivity index (χ1) is 12.5. The minimum Gasteiger partial charge on any atom is -0.267 e. The molecular formula is C18H21N3O3S2. The largest absolute Gasteiger partial charge is 0.271 e. The van der Waals surface area contributed by atoms with E-state index in [1.807, 2.05) is 24.4 Å². The van der Waals surface area contributed by atoms with Crippen molar-refractivity contribution in [3.05, 3.63) is 52.2 Å². The summed E-state index contributed by atoms with van der Waals surface area (Å²) in [5, 5.41) is 6.03. The van der Waals surface area contributed by atoms with Gasteiger partial charge in [-0.3, -0.25) is 4.79 Å². The summed E-state index contributed by atoms with van der Waals surface area (Å²) in [5.74, 6) is -0.434. The van der Waals surface area contributed by atoms with Crippen molar-refractivity contribution >= 4 is 33.0 Å². The zero-order chi connectivity index (χ0) is 18.6. The van der Waals surface area contributed by atoms with E-state index in [2.05, 4.69) is 10.5 Å². The Hall–Kier alpha value is -2.03. The number of amides is 1. The van der Waals surface area contributed by atoms with E-state index in [1.165, 1.54) is 27.8 Å². The Bertz CT molecular complexity index is 900. The molecule has 1 aliphatic rings. The third-order valence-corrected chi connectivity index (χ3v) is 7.13. The molecule has 26 heavy (non-hydrogen) atoms. The lowest BCUT2D eigenvalue weighted by atomic mass is 10.2. The number of hydrogen-bond donors (Lipinski definition) is 1. The lowest BCUT2D eigenvalue weighted by Crippen LogP contribution is -2.35. The highest BCUT2D eigenvalue weighted by Gasteiger charge is 2.26. The molecule has 8 heteroatoms. The molecule has 0 saturated carbocycles. The number of carbonyl (C=O) groups excluding carboxylic acids is 1. The van der Waals surface area contributed by atoms with Crippen molar-refractivity contribution in [2.45, 2.75) is 31.1 Å². The van der Waals surface area contributed by atoms with Crippen LogP contribution in [-0.2, 0) is 10.0 Å². The maximum absolute atomic E-state index is 12.8. The number of piperidine rings is 1. The second-order valence-corrected chi connectivity index (χ2v) is 8.99. The predicted octanol–water partition coefficient (Wildman–Crippen LogP) is 3.08. The molecule has 2 heterocycles. The molecule has 0 aliphatic carbocycles. The van der Waals surface area contributed by atoms with E-state index in [1.54, 1.807) is 12.1 Å². The van der Waals surface area contributed by atoms with Gasteiger partial charge in [0.25, 0.3) is 5.91 Å². The second-order valence-electron chi connectivity index (χ2n) is 6.11. The monoisotopic (exact) mass is 391 g/mol. The summed E-state index contributed by atoms with van der Waals surface area (Å²) < 4.78 is 27.0. The van der Waals surface area contributed by atoms with Crippen LogP contribution in [-0.4, -0.2) is 37.4 Å². The molecule has 1 aliphatic heterocycles. The highest BCUT2D eigenvalue weighted by atomic mass is 32.2. The normalized spacial score (nSPS) is 16.4. The Morgan fingerprint density at radius 3 is 2.62 bits per heavy atom. The SMILES string of the molecule is CC(=NNC(=O)c1cccc(S(=O)(=O)N2CCCCC2)c1)c1cccs1. The van der Waals surface area contributed by atoms with Crippen LogP contribution < -0.4 is 5.43 Å². The summed E-state index contributed by atoms with van der Waals surface area (Å²) in [7, 11) is -3.57. The smallest absolute Gasteiger partial charge is 0.267 e. The van der Waals surface area contributed by atoms with Gasteiger partial charge in [0.1, 0.15) is 0 Å². The molecule has 0 radical (unpaired) electrons. The van der Waals surface area contributed by atoms with Gasteiger partial charge in [0.05, 0.1) is 10.6 Å². The molecule has 1 fully saturated rings. The fourth-order valence-electron chi connectivity index (χ4n) is 2.79. The van der Waals surface area contributed by atoms with Crippen LogP contribution in [0, 0.1) is 0 Å². The van der Waals surface area contributed by atoms with Crippen molar-refractivity contribution in [1.29, 1.82) is 0 Å². The van der Waals surface area contributed by atoms with Crippen LogP contribution in [0.1, 0.15) is 41.4 Å². The summed E-state index contributed by atoms with van der Waals surface area (Å²) in [6, 6.07) is 9.94. The minimum atomic E-state index is -3.57. The van der Waals surface area contributed by atoms with Crippen molar-refractivity contribution in [2.75, 3.05) is 13.1 Å². The Morgan fingerprint density at radius 1 is 1.15 bits per heavy atom. The Kier molecular flexibility index (Phi) is 5.85. The Labute approximate surface area is 157 Å². The molecule has 1 amide bonds. The van der Waals surface area contributed by atoms with Crippen molar-refractivity contribution in [2.24, 2.45) is 5.10 Å². The zero-order valence-electron chi connectivity index (χ0n) is 14.5. The molecule has 6 nitrogen and oxygen atoms in total. The van der Waals surface area contributed by atoms with Crippen LogP contribution in [0.2, 0.25) is 0 Å². The van der Waals surface area contributed by atoms with Crippen LogP contribution in [0.15, 0.2) is 51.8 Å². The third kappa shape index (κ3) is 4.20. The van der Waals surface area contributed by atoms with Gasteiger partial charge in [-0.25, -0.2) is 13.8 Å². The van der Waals surface area contributed by atoms with Gasteiger partial charge in [-0.05, 0) is 49.4 Å². The van der Waals surface area contributed by atoms with Gasteiger partial charge in [-0.15, -0.1) is 11.3 Å². The number of benzene rings is 1. The van der Waals surface area contributed by atoms with E-state index in [4.69, 9.17) is 0 Å². The van der Waals surface area contributed by atoms with E-state index in [0.717, 1.165) is 24.1 Å². The van der Waals surface area contributed by atoms with Gasteiger partial charge in [-0.2, -0.15) is 9.41 Å². The maximum atomic E-state index is 12.8.